The van der Waals surface area contributed by atoms with Crippen molar-refractivity contribution in [3.05, 3.63) is 34.9 Å². The van der Waals surface area contributed by atoms with Crippen LogP contribution in [-0.2, 0) is 19.1 Å². The zero-order chi connectivity index (χ0) is 22.9. The summed E-state index contributed by atoms with van der Waals surface area (Å²) in [6.45, 7) is 8.47. The van der Waals surface area contributed by atoms with Gasteiger partial charge in [-0.2, -0.15) is 11.8 Å². The number of carboxylic acid groups (broad SMARTS) is 1. The third kappa shape index (κ3) is 15.9. The van der Waals surface area contributed by atoms with Crippen molar-refractivity contribution in [3.63, 3.8) is 0 Å². The van der Waals surface area contributed by atoms with Crippen LogP contribution in [-0.4, -0.2) is 47.6 Å². The number of ether oxygens (including phenoxy) is 1. The molecule has 0 aromatic rings. The van der Waals surface area contributed by atoms with Gasteiger partial charge in [-0.3, -0.25) is 9.59 Å². The van der Waals surface area contributed by atoms with Gasteiger partial charge in [-0.05, 0) is 53.4 Å². The highest BCUT2D eigenvalue weighted by atomic mass is 32.2. The maximum absolute atomic E-state index is 11.8. The molecule has 0 heterocycles. The van der Waals surface area contributed by atoms with Gasteiger partial charge in [0.2, 0.25) is 5.91 Å². The standard InChI is InChI=1S/C23H37NO5S/c1-17(2)8-6-9-18(3)10-7-11-19(4)14-15-30-16-20(23(27)28)24-21(25)12-13-22(26)29-5/h8,10,14,20H,6-7,9,11-13,15-16H2,1-5H3,(H,24,25)(H,27,28). The van der Waals surface area contributed by atoms with Gasteiger partial charge in [-0.25, -0.2) is 4.79 Å². The third-order valence-corrected chi connectivity index (χ3v) is 5.35. The first-order valence-electron chi connectivity index (χ1n) is 10.3. The Morgan fingerprint density at radius 2 is 1.53 bits per heavy atom. The number of aliphatic carboxylic acids is 1. The number of esters is 1. The lowest BCUT2D eigenvalue weighted by Crippen LogP contribution is -2.42. The quantitative estimate of drug-likeness (QED) is 0.219. The van der Waals surface area contributed by atoms with Crippen LogP contribution < -0.4 is 5.32 Å². The van der Waals surface area contributed by atoms with E-state index in [0.717, 1.165) is 25.7 Å². The summed E-state index contributed by atoms with van der Waals surface area (Å²) in [5.74, 6) is -1.08. The lowest BCUT2D eigenvalue weighted by atomic mass is 10.1. The summed E-state index contributed by atoms with van der Waals surface area (Å²) in [5, 5.41) is 11.7. The Labute approximate surface area is 185 Å². The molecular weight excluding hydrogens is 402 g/mol. The number of carbonyl (C=O) groups is 3. The number of thioether (sulfide) groups is 1. The molecule has 2 N–H and O–H groups in total. The van der Waals surface area contributed by atoms with Crippen LogP contribution in [0.2, 0.25) is 0 Å². The van der Waals surface area contributed by atoms with Crippen molar-refractivity contribution in [1.29, 1.82) is 0 Å². The van der Waals surface area contributed by atoms with E-state index in [9.17, 15) is 19.5 Å². The Bertz CT molecular complexity index is 648. The van der Waals surface area contributed by atoms with Gasteiger partial charge in [0.15, 0.2) is 0 Å². The Balaban J connectivity index is 4.22. The van der Waals surface area contributed by atoms with Gasteiger partial charge in [0, 0.05) is 17.9 Å². The van der Waals surface area contributed by atoms with Crippen LogP contribution in [0.4, 0.5) is 0 Å². The molecule has 0 bridgehead atoms. The molecular formula is C23H37NO5S. The summed E-state index contributed by atoms with van der Waals surface area (Å²) in [4.78, 5) is 34.2. The second kappa shape index (κ2) is 16.7. The Morgan fingerprint density at radius 3 is 2.10 bits per heavy atom. The molecule has 7 heteroatoms. The fourth-order valence-electron chi connectivity index (χ4n) is 2.48. The SMILES string of the molecule is COC(=O)CCC(=O)NC(CSCC=C(C)CCC=C(C)CCC=C(C)C)C(=O)O. The minimum absolute atomic E-state index is 0.0629. The van der Waals surface area contributed by atoms with E-state index in [0.29, 0.717) is 5.75 Å². The monoisotopic (exact) mass is 439 g/mol. The molecule has 30 heavy (non-hydrogen) atoms. The zero-order valence-corrected chi connectivity index (χ0v) is 19.8. The van der Waals surface area contributed by atoms with Gasteiger partial charge < -0.3 is 15.2 Å². The Hall–Kier alpha value is -2.02. The number of methoxy groups -OCH3 is 1. The molecule has 1 atom stereocenters. The number of carbonyl (C=O) groups excluding carboxylic acids is 2. The Kier molecular flexibility index (Phi) is 15.6. The van der Waals surface area contributed by atoms with Crippen LogP contribution in [0.15, 0.2) is 34.9 Å². The smallest absolute Gasteiger partial charge is 0.327 e. The van der Waals surface area contributed by atoms with Crippen molar-refractivity contribution in [3.8, 4) is 0 Å². The minimum Gasteiger partial charge on any atom is -0.480 e. The highest BCUT2D eigenvalue weighted by Gasteiger charge is 2.20. The molecule has 0 aliphatic carbocycles. The fourth-order valence-corrected chi connectivity index (χ4v) is 3.48. The minimum atomic E-state index is -1.08. The zero-order valence-electron chi connectivity index (χ0n) is 19.0. The van der Waals surface area contributed by atoms with Gasteiger partial charge >= 0.3 is 11.9 Å². The number of hydrogen-bond acceptors (Lipinski definition) is 5. The summed E-state index contributed by atoms with van der Waals surface area (Å²) in [5.41, 5.74) is 4.02. The van der Waals surface area contributed by atoms with Crippen molar-refractivity contribution in [2.75, 3.05) is 18.6 Å². The molecule has 170 valence electrons. The average Bonchev–Trinajstić information content (AvgIpc) is 2.67. The van der Waals surface area contributed by atoms with Crippen LogP contribution in [0, 0.1) is 0 Å². The van der Waals surface area contributed by atoms with Crippen molar-refractivity contribution in [2.24, 2.45) is 0 Å². The average molecular weight is 440 g/mol. The molecule has 1 amide bonds. The van der Waals surface area contributed by atoms with Gasteiger partial charge in [-0.15, -0.1) is 0 Å². The van der Waals surface area contributed by atoms with E-state index in [1.807, 2.05) is 0 Å². The van der Waals surface area contributed by atoms with Crippen molar-refractivity contribution in [1.82, 2.24) is 5.32 Å². The molecule has 0 saturated heterocycles. The third-order valence-electron chi connectivity index (χ3n) is 4.37. The van der Waals surface area contributed by atoms with Gasteiger partial charge in [0.1, 0.15) is 6.04 Å². The number of rotatable bonds is 15. The van der Waals surface area contributed by atoms with Crippen molar-refractivity contribution in [2.45, 2.75) is 72.3 Å². The lowest BCUT2D eigenvalue weighted by Gasteiger charge is -2.13. The van der Waals surface area contributed by atoms with Gasteiger partial charge in [-0.1, -0.05) is 34.9 Å². The first-order chi connectivity index (χ1) is 14.1. The fraction of sp³-hybridized carbons (Fsp3) is 0.609. The van der Waals surface area contributed by atoms with Crippen molar-refractivity contribution >= 4 is 29.6 Å². The van der Waals surface area contributed by atoms with Crippen LogP contribution in [0.5, 0.6) is 0 Å². The lowest BCUT2D eigenvalue weighted by molar-refractivity contribution is -0.142. The predicted molar refractivity (Wildman–Crippen MR) is 124 cm³/mol. The molecule has 0 aromatic heterocycles. The molecule has 0 fully saturated rings. The van der Waals surface area contributed by atoms with E-state index in [1.165, 1.54) is 35.6 Å². The molecule has 0 aromatic carbocycles. The summed E-state index contributed by atoms with van der Waals surface area (Å²) < 4.78 is 4.47. The number of nitrogens with one attached hydrogen (secondary N) is 1. The summed E-state index contributed by atoms with van der Waals surface area (Å²) in [7, 11) is 1.25. The highest BCUT2D eigenvalue weighted by Crippen LogP contribution is 2.13. The predicted octanol–water partition coefficient (Wildman–Crippen LogP) is 4.66. The maximum Gasteiger partial charge on any atom is 0.327 e. The van der Waals surface area contributed by atoms with Crippen LogP contribution >= 0.6 is 11.8 Å². The first kappa shape index (κ1) is 28.0. The number of amides is 1. The molecule has 0 radical (unpaired) electrons. The molecule has 0 saturated carbocycles. The van der Waals surface area contributed by atoms with E-state index < -0.39 is 23.9 Å². The molecule has 0 rings (SSSR count). The van der Waals surface area contributed by atoms with Gasteiger partial charge in [0.05, 0.1) is 13.5 Å². The van der Waals surface area contributed by atoms with E-state index >= 15 is 0 Å². The van der Waals surface area contributed by atoms with E-state index in [-0.39, 0.29) is 18.6 Å². The molecule has 0 aliphatic heterocycles. The van der Waals surface area contributed by atoms with Gasteiger partial charge in [0.25, 0.3) is 0 Å². The van der Waals surface area contributed by atoms with E-state index in [2.05, 4.69) is 56.0 Å². The molecule has 0 spiro atoms. The normalized spacial score (nSPS) is 12.8. The highest BCUT2D eigenvalue weighted by molar-refractivity contribution is 7.99. The second-order valence-corrected chi connectivity index (χ2v) is 8.61. The molecule has 0 aliphatic rings. The largest absolute Gasteiger partial charge is 0.480 e. The Morgan fingerprint density at radius 1 is 0.933 bits per heavy atom. The second-order valence-electron chi connectivity index (χ2n) is 7.53. The van der Waals surface area contributed by atoms with Crippen LogP contribution in [0.3, 0.4) is 0 Å². The summed E-state index contributed by atoms with van der Waals surface area (Å²) >= 11 is 1.46. The number of carboxylic acids is 1. The van der Waals surface area contributed by atoms with Crippen LogP contribution in [0.25, 0.3) is 0 Å². The van der Waals surface area contributed by atoms with Crippen LogP contribution in [0.1, 0.15) is 66.2 Å². The summed E-state index contributed by atoms with van der Waals surface area (Å²) in [6.07, 6.45) is 10.7. The molecule has 6 nitrogen and oxygen atoms in total. The van der Waals surface area contributed by atoms with Crippen molar-refractivity contribution < 1.29 is 24.2 Å². The number of hydrogen-bond donors (Lipinski definition) is 2. The first-order valence-corrected chi connectivity index (χ1v) is 11.4. The topological polar surface area (TPSA) is 92.7 Å². The maximum atomic E-state index is 11.8. The molecule has 1 unspecified atom stereocenters. The van der Waals surface area contributed by atoms with E-state index in [1.54, 1.807) is 0 Å². The number of allylic oxidation sites excluding steroid dienone is 5. The summed E-state index contributed by atoms with van der Waals surface area (Å²) in [6, 6.07) is -0.972. The van der Waals surface area contributed by atoms with E-state index in [4.69, 9.17) is 0 Å².